The smallest absolute Gasteiger partial charge is 0.224 e. The molecule has 1 aliphatic heterocycles. The lowest BCUT2D eigenvalue weighted by Crippen LogP contribution is -2.30. The van der Waals surface area contributed by atoms with Crippen LogP contribution in [0, 0.1) is 0 Å². The van der Waals surface area contributed by atoms with Crippen LogP contribution in [0.3, 0.4) is 0 Å². The van der Waals surface area contributed by atoms with E-state index in [0.29, 0.717) is 6.42 Å². The van der Waals surface area contributed by atoms with E-state index in [9.17, 15) is 4.79 Å². The number of nitrogens with zero attached hydrogens (tertiary/aromatic N) is 3. The summed E-state index contributed by atoms with van der Waals surface area (Å²) in [5.41, 5.74) is 6.82. The van der Waals surface area contributed by atoms with Crippen LogP contribution in [0.4, 0.5) is 0 Å². The third-order valence-corrected chi connectivity index (χ3v) is 2.91. The Hall–Kier alpha value is -1.36. The van der Waals surface area contributed by atoms with Crippen LogP contribution >= 0.6 is 0 Å². The molecule has 0 spiro atoms. The molecule has 0 aliphatic carbocycles. The van der Waals surface area contributed by atoms with E-state index in [0.717, 1.165) is 12.2 Å². The maximum atomic E-state index is 11.5. The summed E-state index contributed by atoms with van der Waals surface area (Å²) in [5.74, 6) is 0.0959. The Morgan fingerprint density at radius 2 is 2.40 bits per heavy atom. The van der Waals surface area contributed by atoms with Crippen LogP contribution in [-0.2, 0) is 11.3 Å². The number of hydrogen-bond donors (Lipinski definition) is 1. The van der Waals surface area contributed by atoms with Gasteiger partial charge in [0.15, 0.2) is 0 Å². The standard InChI is InChI=1S/C10H16N4O/c1-3-14-5-4-8(12-14)10-7(11)6-9(15)13(10)2/h4-5,7,10H,3,6,11H2,1-2H3. The van der Waals surface area contributed by atoms with Crippen molar-refractivity contribution < 1.29 is 4.79 Å². The number of likely N-dealkylation sites (tertiary alicyclic amines) is 1. The summed E-state index contributed by atoms with van der Waals surface area (Å²) in [6.07, 6.45) is 2.33. The lowest BCUT2D eigenvalue weighted by molar-refractivity contribution is -0.127. The Morgan fingerprint density at radius 1 is 1.67 bits per heavy atom. The number of carbonyl (C=O) groups is 1. The van der Waals surface area contributed by atoms with Gasteiger partial charge in [0.1, 0.15) is 0 Å². The second-order valence-electron chi connectivity index (χ2n) is 3.91. The summed E-state index contributed by atoms with van der Waals surface area (Å²) in [5, 5.41) is 4.39. The van der Waals surface area contributed by atoms with Crippen LogP contribution in [0.25, 0.3) is 0 Å². The molecular weight excluding hydrogens is 192 g/mol. The van der Waals surface area contributed by atoms with Gasteiger partial charge in [-0.2, -0.15) is 5.10 Å². The number of aryl methyl sites for hydroxylation is 1. The number of likely N-dealkylation sites (N-methyl/N-ethyl adjacent to an activating group) is 1. The molecular formula is C10H16N4O. The molecule has 5 nitrogen and oxygen atoms in total. The van der Waals surface area contributed by atoms with Crippen molar-refractivity contribution in [1.29, 1.82) is 0 Å². The van der Waals surface area contributed by atoms with Gasteiger partial charge in [0.25, 0.3) is 0 Å². The van der Waals surface area contributed by atoms with Gasteiger partial charge in [0.2, 0.25) is 5.91 Å². The fraction of sp³-hybridized carbons (Fsp3) is 0.600. The lowest BCUT2D eigenvalue weighted by Gasteiger charge is -2.20. The molecule has 0 bridgehead atoms. The third kappa shape index (κ3) is 1.63. The van der Waals surface area contributed by atoms with Crippen molar-refractivity contribution in [3.05, 3.63) is 18.0 Å². The highest BCUT2D eigenvalue weighted by atomic mass is 16.2. The monoisotopic (exact) mass is 208 g/mol. The van der Waals surface area contributed by atoms with Crippen molar-refractivity contribution in [2.24, 2.45) is 5.73 Å². The van der Waals surface area contributed by atoms with Crippen molar-refractivity contribution in [2.45, 2.75) is 32.0 Å². The molecule has 2 unspecified atom stereocenters. The van der Waals surface area contributed by atoms with Crippen LogP contribution in [0.1, 0.15) is 25.1 Å². The molecule has 2 N–H and O–H groups in total. The second-order valence-corrected chi connectivity index (χ2v) is 3.91. The zero-order chi connectivity index (χ0) is 11.0. The number of rotatable bonds is 2. The molecule has 0 saturated carbocycles. The third-order valence-electron chi connectivity index (χ3n) is 2.91. The molecule has 5 heteroatoms. The van der Waals surface area contributed by atoms with Gasteiger partial charge in [0.05, 0.1) is 11.7 Å². The van der Waals surface area contributed by atoms with Crippen LogP contribution in [-0.4, -0.2) is 33.7 Å². The summed E-state index contributed by atoms with van der Waals surface area (Å²) >= 11 is 0. The topological polar surface area (TPSA) is 64.2 Å². The van der Waals surface area contributed by atoms with Crippen molar-refractivity contribution in [2.75, 3.05) is 7.05 Å². The maximum Gasteiger partial charge on any atom is 0.224 e. The van der Waals surface area contributed by atoms with Gasteiger partial charge in [-0.05, 0) is 13.0 Å². The molecule has 1 aliphatic rings. The molecule has 1 amide bonds. The molecule has 2 heterocycles. The molecule has 2 atom stereocenters. The quantitative estimate of drug-likeness (QED) is 0.751. The van der Waals surface area contributed by atoms with E-state index in [1.807, 2.05) is 23.9 Å². The van der Waals surface area contributed by atoms with Gasteiger partial charge in [-0.3, -0.25) is 9.48 Å². The van der Waals surface area contributed by atoms with E-state index in [2.05, 4.69) is 5.10 Å². The second kappa shape index (κ2) is 3.66. The Bertz CT molecular complexity index is 373. The van der Waals surface area contributed by atoms with Crippen molar-refractivity contribution in [3.8, 4) is 0 Å². The number of carbonyl (C=O) groups excluding carboxylic acids is 1. The molecule has 1 aromatic rings. The molecule has 15 heavy (non-hydrogen) atoms. The number of amides is 1. The summed E-state index contributed by atoms with van der Waals surface area (Å²) in [6.45, 7) is 2.86. The summed E-state index contributed by atoms with van der Waals surface area (Å²) < 4.78 is 1.85. The zero-order valence-corrected chi connectivity index (χ0v) is 9.05. The average Bonchev–Trinajstić information content (AvgIpc) is 2.74. The van der Waals surface area contributed by atoms with Gasteiger partial charge >= 0.3 is 0 Å². The predicted molar refractivity (Wildman–Crippen MR) is 56.0 cm³/mol. The SMILES string of the molecule is CCn1ccc(C2C(N)CC(=O)N2C)n1. The molecule has 0 aromatic carbocycles. The summed E-state index contributed by atoms with van der Waals surface area (Å²) in [7, 11) is 1.78. The average molecular weight is 208 g/mol. The van der Waals surface area contributed by atoms with Crippen molar-refractivity contribution in [1.82, 2.24) is 14.7 Å². The minimum Gasteiger partial charge on any atom is -0.335 e. The van der Waals surface area contributed by atoms with Crippen LogP contribution in [0.15, 0.2) is 12.3 Å². The Morgan fingerprint density at radius 3 is 2.87 bits per heavy atom. The normalized spacial score (nSPS) is 26.3. The maximum absolute atomic E-state index is 11.5. The van der Waals surface area contributed by atoms with E-state index >= 15 is 0 Å². The minimum atomic E-state index is -0.136. The minimum absolute atomic E-state index is 0.0645. The molecule has 2 rings (SSSR count). The highest BCUT2D eigenvalue weighted by Crippen LogP contribution is 2.29. The van der Waals surface area contributed by atoms with Gasteiger partial charge in [-0.25, -0.2) is 0 Å². The van der Waals surface area contributed by atoms with E-state index in [-0.39, 0.29) is 18.0 Å². The van der Waals surface area contributed by atoms with Crippen molar-refractivity contribution >= 4 is 5.91 Å². The summed E-state index contributed by atoms with van der Waals surface area (Å²) in [4.78, 5) is 13.1. The van der Waals surface area contributed by atoms with E-state index in [4.69, 9.17) is 5.73 Å². The molecule has 1 saturated heterocycles. The van der Waals surface area contributed by atoms with E-state index in [1.165, 1.54) is 0 Å². The Balaban J connectivity index is 2.26. The molecule has 82 valence electrons. The first-order valence-corrected chi connectivity index (χ1v) is 5.18. The fourth-order valence-electron chi connectivity index (χ4n) is 2.03. The van der Waals surface area contributed by atoms with Crippen LogP contribution in [0.2, 0.25) is 0 Å². The largest absolute Gasteiger partial charge is 0.335 e. The fourth-order valence-corrected chi connectivity index (χ4v) is 2.03. The van der Waals surface area contributed by atoms with Gasteiger partial charge in [-0.1, -0.05) is 0 Å². The van der Waals surface area contributed by atoms with Crippen molar-refractivity contribution in [3.63, 3.8) is 0 Å². The van der Waals surface area contributed by atoms with E-state index < -0.39 is 0 Å². The highest BCUT2D eigenvalue weighted by Gasteiger charge is 2.37. The predicted octanol–water partition coefficient (Wildman–Crippen LogP) is 0.134. The van der Waals surface area contributed by atoms with E-state index in [1.54, 1.807) is 11.9 Å². The Labute approximate surface area is 88.8 Å². The first-order valence-electron chi connectivity index (χ1n) is 5.18. The van der Waals surface area contributed by atoms with Gasteiger partial charge < -0.3 is 10.6 Å². The number of hydrogen-bond acceptors (Lipinski definition) is 3. The molecule has 1 fully saturated rings. The zero-order valence-electron chi connectivity index (χ0n) is 9.05. The first-order chi connectivity index (χ1) is 7.13. The highest BCUT2D eigenvalue weighted by molar-refractivity contribution is 5.79. The number of aromatic nitrogens is 2. The van der Waals surface area contributed by atoms with Gasteiger partial charge in [-0.15, -0.1) is 0 Å². The summed E-state index contributed by atoms with van der Waals surface area (Å²) in [6, 6.07) is 1.73. The molecule has 1 aromatic heterocycles. The van der Waals surface area contributed by atoms with Crippen LogP contribution in [0.5, 0.6) is 0 Å². The van der Waals surface area contributed by atoms with Crippen LogP contribution < -0.4 is 5.73 Å². The molecule has 0 radical (unpaired) electrons. The number of nitrogens with two attached hydrogens (primary N) is 1. The first kappa shape index (κ1) is 10.2. The van der Waals surface area contributed by atoms with Gasteiger partial charge in [0, 0.05) is 32.3 Å². The Kier molecular flexibility index (Phi) is 2.48. The lowest BCUT2D eigenvalue weighted by atomic mass is 10.1.